The van der Waals surface area contributed by atoms with Crippen LogP contribution in [0.1, 0.15) is 15.5 Å². The molecule has 0 bridgehead atoms. The molecule has 3 N–H and O–H groups in total. The summed E-state index contributed by atoms with van der Waals surface area (Å²) in [6.07, 6.45) is 2.01. The Kier molecular flexibility index (Phi) is 4.35. The van der Waals surface area contributed by atoms with Crippen LogP contribution in [0.3, 0.4) is 0 Å². The smallest absolute Gasteiger partial charge is 0.275 e. The third-order valence-electron chi connectivity index (χ3n) is 2.31. The van der Waals surface area contributed by atoms with E-state index in [0.29, 0.717) is 12.2 Å². The second-order valence-corrected chi connectivity index (χ2v) is 5.34. The second-order valence-electron chi connectivity index (χ2n) is 3.51. The molecule has 94 valence electrons. The molecule has 0 spiro atoms. The Morgan fingerprint density at radius 1 is 1.44 bits per heavy atom. The van der Waals surface area contributed by atoms with Crippen molar-refractivity contribution in [2.24, 2.45) is 5.73 Å². The molecule has 0 unspecified atom stereocenters. The van der Waals surface area contributed by atoms with Crippen molar-refractivity contribution in [2.75, 3.05) is 11.6 Å². The van der Waals surface area contributed by atoms with Gasteiger partial charge in [-0.2, -0.15) is 0 Å². The van der Waals surface area contributed by atoms with Crippen LogP contribution in [0.5, 0.6) is 0 Å². The van der Waals surface area contributed by atoms with Crippen LogP contribution in [-0.4, -0.2) is 17.1 Å². The number of aromatic nitrogens is 1. The van der Waals surface area contributed by atoms with Crippen LogP contribution in [0.2, 0.25) is 0 Å². The number of hydrogen-bond acceptors (Lipinski definition) is 5. The van der Waals surface area contributed by atoms with Crippen molar-refractivity contribution < 1.29 is 4.79 Å². The summed E-state index contributed by atoms with van der Waals surface area (Å²) in [4.78, 5) is 17.2. The average Bonchev–Trinajstić information content (AvgIpc) is 2.88. The highest BCUT2D eigenvalue weighted by atomic mass is 32.2. The topological polar surface area (TPSA) is 68.0 Å². The van der Waals surface area contributed by atoms with Gasteiger partial charge in [0.05, 0.1) is 0 Å². The Morgan fingerprint density at radius 2 is 2.17 bits per heavy atom. The molecule has 0 saturated heterocycles. The Labute approximate surface area is 114 Å². The van der Waals surface area contributed by atoms with Gasteiger partial charge in [-0.1, -0.05) is 0 Å². The number of benzene rings is 1. The van der Waals surface area contributed by atoms with Gasteiger partial charge in [0.15, 0.2) is 0 Å². The summed E-state index contributed by atoms with van der Waals surface area (Å²) in [6, 6.07) is 7.68. The summed E-state index contributed by atoms with van der Waals surface area (Å²) in [5.74, 6) is -0.206. The molecule has 18 heavy (non-hydrogen) atoms. The number of nitrogens with one attached hydrogen (secondary N) is 1. The summed E-state index contributed by atoms with van der Waals surface area (Å²) in [5.41, 5.74) is 6.64. The minimum absolute atomic E-state index is 0.206. The third kappa shape index (κ3) is 3.10. The summed E-state index contributed by atoms with van der Waals surface area (Å²) in [5, 5.41) is 5.28. The minimum atomic E-state index is -0.206. The zero-order chi connectivity index (χ0) is 13.0. The first-order valence-electron chi connectivity index (χ1n) is 5.33. The largest absolute Gasteiger partial charge is 0.325 e. The molecular weight excluding hydrogens is 266 g/mol. The highest BCUT2D eigenvalue weighted by molar-refractivity contribution is 7.98. The Hall–Kier alpha value is -1.37. The number of carbonyl (C=O) groups is 1. The quantitative estimate of drug-likeness (QED) is 0.844. The number of nitrogens with zero attached hydrogens (tertiary/aromatic N) is 1. The van der Waals surface area contributed by atoms with Gasteiger partial charge in [0.2, 0.25) is 0 Å². The van der Waals surface area contributed by atoms with Gasteiger partial charge < -0.3 is 11.1 Å². The van der Waals surface area contributed by atoms with Crippen LogP contribution in [0, 0.1) is 0 Å². The van der Waals surface area contributed by atoms with E-state index in [1.807, 2.05) is 30.5 Å². The van der Waals surface area contributed by atoms with Crippen molar-refractivity contribution in [1.29, 1.82) is 0 Å². The lowest BCUT2D eigenvalue weighted by Gasteiger charge is -2.03. The van der Waals surface area contributed by atoms with Crippen LogP contribution in [0.4, 0.5) is 5.69 Å². The van der Waals surface area contributed by atoms with Crippen LogP contribution < -0.4 is 11.1 Å². The predicted octanol–water partition coefficient (Wildman–Crippen LogP) is 2.58. The van der Waals surface area contributed by atoms with Gasteiger partial charge in [-0.15, -0.1) is 23.1 Å². The highest BCUT2D eigenvalue weighted by Crippen LogP contribution is 2.18. The van der Waals surface area contributed by atoms with E-state index in [-0.39, 0.29) is 5.91 Å². The maximum absolute atomic E-state index is 11.9. The van der Waals surface area contributed by atoms with Gasteiger partial charge in [0, 0.05) is 22.5 Å². The predicted molar refractivity (Wildman–Crippen MR) is 76.2 cm³/mol. The van der Waals surface area contributed by atoms with E-state index in [1.165, 1.54) is 11.3 Å². The first-order valence-corrected chi connectivity index (χ1v) is 7.43. The standard InChI is InChI=1S/C12H13N3OS2/c1-17-9-4-2-8(3-5-9)14-12(16)10-7-18-11(6-13)15-10/h2-5,7H,6,13H2,1H3,(H,14,16). The lowest BCUT2D eigenvalue weighted by Crippen LogP contribution is -2.12. The molecule has 4 nitrogen and oxygen atoms in total. The summed E-state index contributed by atoms with van der Waals surface area (Å²) < 4.78 is 0. The van der Waals surface area contributed by atoms with E-state index in [9.17, 15) is 4.79 Å². The molecule has 0 aliphatic rings. The molecule has 1 heterocycles. The van der Waals surface area contributed by atoms with Gasteiger partial charge >= 0.3 is 0 Å². The Balaban J connectivity index is 2.06. The van der Waals surface area contributed by atoms with E-state index in [2.05, 4.69) is 10.3 Å². The zero-order valence-electron chi connectivity index (χ0n) is 9.84. The normalized spacial score (nSPS) is 10.3. The fraction of sp³-hybridized carbons (Fsp3) is 0.167. The minimum Gasteiger partial charge on any atom is -0.325 e. The fourth-order valence-electron chi connectivity index (χ4n) is 1.38. The monoisotopic (exact) mass is 279 g/mol. The van der Waals surface area contributed by atoms with Gasteiger partial charge in [-0.05, 0) is 30.5 Å². The SMILES string of the molecule is CSc1ccc(NC(=O)c2csc(CN)n2)cc1. The molecule has 0 radical (unpaired) electrons. The van der Waals surface area contributed by atoms with Gasteiger partial charge in [-0.3, -0.25) is 4.79 Å². The average molecular weight is 279 g/mol. The summed E-state index contributed by atoms with van der Waals surface area (Å²) >= 11 is 3.06. The third-order valence-corrected chi connectivity index (χ3v) is 3.92. The van der Waals surface area contributed by atoms with E-state index in [4.69, 9.17) is 5.73 Å². The lowest BCUT2D eigenvalue weighted by molar-refractivity contribution is 0.102. The van der Waals surface area contributed by atoms with Crippen LogP contribution in [0.25, 0.3) is 0 Å². The molecule has 0 fully saturated rings. The Morgan fingerprint density at radius 3 is 2.72 bits per heavy atom. The first kappa shape index (κ1) is 13.1. The van der Waals surface area contributed by atoms with E-state index in [1.54, 1.807) is 17.1 Å². The number of nitrogens with two attached hydrogens (primary N) is 1. The lowest BCUT2D eigenvalue weighted by atomic mass is 10.3. The maximum atomic E-state index is 11.9. The number of hydrogen-bond donors (Lipinski definition) is 2. The molecule has 0 saturated carbocycles. The number of anilines is 1. The van der Waals surface area contributed by atoms with Crippen LogP contribution in [-0.2, 0) is 6.54 Å². The number of carbonyl (C=O) groups excluding carboxylic acids is 1. The van der Waals surface area contributed by atoms with E-state index >= 15 is 0 Å². The van der Waals surface area contributed by atoms with Crippen LogP contribution in [0.15, 0.2) is 34.5 Å². The fourth-order valence-corrected chi connectivity index (χ4v) is 2.44. The molecule has 1 aromatic heterocycles. The molecule has 1 amide bonds. The summed E-state index contributed by atoms with van der Waals surface area (Å²) in [6.45, 7) is 0.361. The molecule has 2 aromatic rings. The molecule has 0 aliphatic heterocycles. The van der Waals surface area contributed by atoms with Crippen molar-refractivity contribution in [1.82, 2.24) is 4.98 Å². The van der Waals surface area contributed by atoms with Crippen LogP contribution >= 0.6 is 23.1 Å². The second kappa shape index (κ2) is 5.99. The number of amides is 1. The molecule has 2 rings (SSSR count). The molecular formula is C12H13N3OS2. The van der Waals surface area contributed by atoms with Crippen molar-refractivity contribution in [2.45, 2.75) is 11.4 Å². The molecule has 6 heteroatoms. The number of thioether (sulfide) groups is 1. The van der Waals surface area contributed by atoms with Crippen molar-refractivity contribution in [3.05, 3.63) is 40.3 Å². The maximum Gasteiger partial charge on any atom is 0.275 e. The molecule has 0 aliphatic carbocycles. The van der Waals surface area contributed by atoms with E-state index < -0.39 is 0 Å². The molecule has 1 aromatic carbocycles. The van der Waals surface area contributed by atoms with Crippen molar-refractivity contribution in [3.63, 3.8) is 0 Å². The highest BCUT2D eigenvalue weighted by Gasteiger charge is 2.10. The summed E-state index contributed by atoms with van der Waals surface area (Å²) in [7, 11) is 0. The number of rotatable bonds is 4. The van der Waals surface area contributed by atoms with Gasteiger partial charge in [0.25, 0.3) is 5.91 Å². The van der Waals surface area contributed by atoms with Crippen molar-refractivity contribution >= 4 is 34.7 Å². The first-order chi connectivity index (χ1) is 8.72. The van der Waals surface area contributed by atoms with Gasteiger partial charge in [0.1, 0.15) is 10.7 Å². The van der Waals surface area contributed by atoms with E-state index in [0.717, 1.165) is 15.6 Å². The molecule has 0 atom stereocenters. The van der Waals surface area contributed by atoms with Crippen molar-refractivity contribution in [3.8, 4) is 0 Å². The Bertz CT molecular complexity index is 537. The number of thiazole rings is 1. The zero-order valence-corrected chi connectivity index (χ0v) is 11.5. The van der Waals surface area contributed by atoms with Gasteiger partial charge in [-0.25, -0.2) is 4.98 Å².